The molecule has 2 aromatic rings. The molecule has 0 saturated carbocycles. The molecule has 2 aromatic carbocycles. The highest BCUT2D eigenvalue weighted by atomic mass is 32.2. The molecule has 1 aliphatic heterocycles. The molecule has 1 aliphatic rings. The standard InChI is InChI=1S/C17H17NO2S/c1-2-16(19)21-15-8-7-13-5-3-4-6-14(13)17(15)18-9-11-20-12-10-18/h2-8H,1,9-12H2. The first kappa shape index (κ1) is 14.2. The van der Waals surface area contributed by atoms with E-state index in [-0.39, 0.29) is 5.12 Å². The molecular formula is C17H17NO2S. The van der Waals surface area contributed by atoms with Gasteiger partial charge in [0.2, 0.25) is 5.12 Å². The maximum absolute atomic E-state index is 11.8. The molecule has 0 bridgehead atoms. The lowest BCUT2D eigenvalue weighted by atomic mass is 10.1. The first-order valence-electron chi connectivity index (χ1n) is 6.98. The Kier molecular flexibility index (Phi) is 4.27. The first-order chi connectivity index (χ1) is 10.3. The number of benzene rings is 2. The molecule has 0 aromatic heterocycles. The van der Waals surface area contributed by atoms with Crippen LogP contribution in [-0.2, 0) is 9.53 Å². The summed E-state index contributed by atoms with van der Waals surface area (Å²) >= 11 is 1.24. The average molecular weight is 299 g/mol. The number of fused-ring (bicyclic) bond motifs is 1. The molecule has 0 amide bonds. The van der Waals surface area contributed by atoms with Crippen LogP contribution in [0.1, 0.15) is 0 Å². The SMILES string of the molecule is C=CC(=O)Sc1ccc2ccccc2c1N1CCOCC1. The van der Waals surface area contributed by atoms with E-state index in [9.17, 15) is 4.79 Å². The zero-order chi connectivity index (χ0) is 14.7. The Morgan fingerprint density at radius 2 is 1.95 bits per heavy atom. The molecule has 4 heteroatoms. The molecule has 1 heterocycles. The first-order valence-corrected chi connectivity index (χ1v) is 7.80. The van der Waals surface area contributed by atoms with E-state index in [0.29, 0.717) is 0 Å². The van der Waals surface area contributed by atoms with E-state index in [1.807, 2.05) is 18.2 Å². The van der Waals surface area contributed by atoms with Crippen molar-refractivity contribution in [3.8, 4) is 0 Å². The normalized spacial score (nSPS) is 15.1. The van der Waals surface area contributed by atoms with Gasteiger partial charge in [-0.25, -0.2) is 0 Å². The van der Waals surface area contributed by atoms with Crippen molar-refractivity contribution in [3.63, 3.8) is 0 Å². The Balaban J connectivity index is 2.12. The topological polar surface area (TPSA) is 29.5 Å². The van der Waals surface area contributed by atoms with E-state index >= 15 is 0 Å². The van der Waals surface area contributed by atoms with Crippen molar-refractivity contribution in [2.24, 2.45) is 0 Å². The summed E-state index contributed by atoms with van der Waals surface area (Å²) in [5, 5.41) is 2.34. The summed E-state index contributed by atoms with van der Waals surface area (Å²) in [5.74, 6) is 0. The van der Waals surface area contributed by atoms with Crippen LogP contribution in [0.15, 0.2) is 53.9 Å². The molecule has 21 heavy (non-hydrogen) atoms. The van der Waals surface area contributed by atoms with E-state index in [4.69, 9.17) is 4.74 Å². The molecule has 0 radical (unpaired) electrons. The molecular weight excluding hydrogens is 282 g/mol. The van der Waals surface area contributed by atoms with E-state index in [1.54, 1.807) is 0 Å². The smallest absolute Gasteiger partial charge is 0.216 e. The van der Waals surface area contributed by atoms with Gasteiger partial charge in [0.05, 0.1) is 18.9 Å². The summed E-state index contributed by atoms with van der Waals surface area (Å²) in [7, 11) is 0. The van der Waals surface area contributed by atoms with Gasteiger partial charge in [-0.15, -0.1) is 0 Å². The van der Waals surface area contributed by atoms with Crippen LogP contribution in [0.2, 0.25) is 0 Å². The van der Waals surface area contributed by atoms with Crippen molar-refractivity contribution in [1.82, 2.24) is 0 Å². The van der Waals surface area contributed by atoms with Gasteiger partial charge in [-0.2, -0.15) is 0 Å². The number of anilines is 1. The molecule has 0 spiro atoms. The predicted octanol–water partition coefficient (Wildman–Crippen LogP) is 3.48. The van der Waals surface area contributed by atoms with Crippen molar-refractivity contribution >= 4 is 33.3 Å². The van der Waals surface area contributed by atoms with Gasteiger partial charge < -0.3 is 9.64 Å². The molecule has 3 nitrogen and oxygen atoms in total. The minimum Gasteiger partial charge on any atom is -0.378 e. The fourth-order valence-corrected chi connectivity index (χ4v) is 3.35. The number of carbonyl (C=O) groups excluding carboxylic acids is 1. The Morgan fingerprint density at radius 3 is 2.71 bits per heavy atom. The minimum absolute atomic E-state index is 0.0280. The van der Waals surface area contributed by atoms with Crippen LogP contribution in [0.3, 0.4) is 0 Å². The second-order valence-corrected chi connectivity index (χ2v) is 5.90. The lowest BCUT2D eigenvalue weighted by molar-refractivity contribution is -0.107. The highest BCUT2D eigenvalue weighted by Crippen LogP contribution is 2.37. The fourth-order valence-electron chi connectivity index (χ4n) is 2.58. The third-order valence-electron chi connectivity index (χ3n) is 3.57. The van der Waals surface area contributed by atoms with E-state index in [1.165, 1.54) is 28.6 Å². The van der Waals surface area contributed by atoms with Crippen LogP contribution in [0.4, 0.5) is 5.69 Å². The highest BCUT2D eigenvalue weighted by molar-refractivity contribution is 8.14. The van der Waals surface area contributed by atoms with Crippen molar-refractivity contribution in [3.05, 3.63) is 49.1 Å². The Labute approximate surface area is 128 Å². The fraction of sp³-hybridized carbons (Fsp3) is 0.235. The average Bonchev–Trinajstić information content (AvgIpc) is 2.55. The summed E-state index contributed by atoms with van der Waals surface area (Å²) in [5.41, 5.74) is 1.14. The van der Waals surface area contributed by atoms with Crippen molar-refractivity contribution in [2.75, 3.05) is 31.2 Å². The largest absolute Gasteiger partial charge is 0.378 e. The monoisotopic (exact) mass is 299 g/mol. The van der Waals surface area contributed by atoms with Gasteiger partial charge in [-0.1, -0.05) is 36.9 Å². The molecule has 108 valence electrons. The summed E-state index contributed by atoms with van der Waals surface area (Å²) in [4.78, 5) is 15.1. The maximum Gasteiger partial charge on any atom is 0.216 e. The number of ether oxygens (including phenoxy) is 1. The number of thioether (sulfide) groups is 1. The van der Waals surface area contributed by atoms with Gasteiger partial charge >= 0.3 is 0 Å². The van der Waals surface area contributed by atoms with Crippen LogP contribution >= 0.6 is 11.8 Å². The molecule has 0 atom stereocenters. The van der Waals surface area contributed by atoms with Gasteiger partial charge in [-0.05, 0) is 29.3 Å². The van der Waals surface area contributed by atoms with Gasteiger partial charge in [0.15, 0.2) is 0 Å². The number of hydrogen-bond acceptors (Lipinski definition) is 4. The lowest BCUT2D eigenvalue weighted by Gasteiger charge is -2.31. The Hall–Kier alpha value is -1.78. The number of hydrogen-bond donors (Lipinski definition) is 0. The summed E-state index contributed by atoms with van der Waals surface area (Å²) < 4.78 is 5.44. The van der Waals surface area contributed by atoms with Crippen LogP contribution in [0.5, 0.6) is 0 Å². The zero-order valence-electron chi connectivity index (χ0n) is 11.7. The van der Waals surface area contributed by atoms with E-state index in [0.717, 1.165) is 36.9 Å². The summed E-state index contributed by atoms with van der Waals surface area (Å²) in [6, 6.07) is 12.4. The number of morpholine rings is 1. The van der Waals surface area contributed by atoms with E-state index in [2.05, 4.69) is 29.7 Å². The van der Waals surface area contributed by atoms with Crippen LogP contribution in [0, 0.1) is 0 Å². The van der Waals surface area contributed by atoms with Crippen LogP contribution in [0.25, 0.3) is 10.8 Å². The second-order valence-electron chi connectivity index (χ2n) is 4.86. The molecule has 0 unspecified atom stereocenters. The van der Waals surface area contributed by atoms with Crippen LogP contribution in [-0.4, -0.2) is 31.4 Å². The molecule has 0 N–H and O–H groups in total. The van der Waals surface area contributed by atoms with Gasteiger partial charge in [0, 0.05) is 23.4 Å². The third kappa shape index (κ3) is 2.96. The van der Waals surface area contributed by atoms with Gasteiger partial charge in [-0.3, -0.25) is 4.79 Å². The lowest BCUT2D eigenvalue weighted by Crippen LogP contribution is -2.36. The number of nitrogens with zero attached hydrogens (tertiary/aromatic N) is 1. The van der Waals surface area contributed by atoms with Crippen LogP contribution < -0.4 is 4.90 Å². The zero-order valence-corrected chi connectivity index (χ0v) is 12.6. The van der Waals surface area contributed by atoms with Gasteiger partial charge in [0.25, 0.3) is 0 Å². The third-order valence-corrected chi connectivity index (χ3v) is 4.49. The van der Waals surface area contributed by atoms with Crippen molar-refractivity contribution < 1.29 is 9.53 Å². The highest BCUT2D eigenvalue weighted by Gasteiger charge is 2.19. The van der Waals surface area contributed by atoms with Gasteiger partial charge in [0.1, 0.15) is 0 Å². The Morgan fingerprint density at radius 1 is 1.19 bits per heavy atom. The molecule has 1 saturated heterocycles. The molecule has 3 rings (SSSR count). The van der Waals surface area contributed by atoms with Crippen molar-refractivity contribution in [1.29, 1.82) is 0 Å². The quantitative estimate of drug-likeness (QED) is 0.641. The Bertz CT molecular complexity index is 678. The number of carbonyl (C=O) groups is 1. The minimum atomic E-state index is -0.0280. The van der Waals surface area contributed by atoms with E-state index < -0.39 is 0 Å². The predicted molar refractivity (Wildman–Crippen MR) is 88.0 cm³/mol. The van der Waals surface area contributed by atoms with Crippen molar-refractivity contribution in [2.45, 2.75) is 4.90 Å². The molecule has 0 aliphatic carbocycles. The number of rotatable bonds is 3. The molecule has 1 fully saturated rings. The second kappa shape index (κ2) is 6.33. The maximum atomic E-state index is 11.8. The summed E-state index contributed by atoms with van der Waals surface area (Å²) in [6.07, 6.45) is 1.36. The summed E-state index contributed by atoms with van der Waals surface area (Å²) in [6.45, 7) is 6.71.